The summed E-state index contributed by atoms with van der Waals surface area (Å²) < 4.78 is 5.12. The molecule has 0 spiro atoms. The van der Waals surface area contributed by atoms with Gasteiger partial charge in [0.05, 0.1) is 19.0 Å². The van der Waals surface area contributed by atoms with Crippen LogP contribution in [0.5, 0.6) is 5.75 Å². The first kappa shape index (κ1) is 18.7. The van der Waals surface area contributed by atoms with E-state index in [9.17, 15) is 9.59 Å². The highest BCUT2D eigenvalue weighted by atomic mass is 16.5. The molecular weight excluding hydrogens is 370 g/mol. The molecule has 148 valence electrons. The average molecular weight is 391 g/mol. The van der Waals surface area contributed by atoms with Gasteiger partial charge in [-0.1, -0.05) is 18.2 Å². The minimum Gasteiger partial charge on any atom is -0.497 e. The van der Waals surface area contributed by atoms with Gasteiger partial charge < -0.3 is 14.5 Å². The Labute approximate surface area is 168 Å². The number of piperazine rings is 1. The Kier molecular flexibility index (Phi) is 5.24. The van der Waals surface area contributed by atoms with Gasteiger partial charge in [0.2, 0.25) is 0 Å². The van der Waals surface area contributed by atoms with Gasteiger partial charge in [-0.2, -0.15) is 9.90 Å². The maximum Gasteiger partial charge on any atom is 0.276 e. The Hall–Kier alpha value is -3.68. The molecule has 3 aromatic rings. The highest BCUT2D eigenvalue weighted by molar-refractivity contribution is 5.95. The molecule has 29 heavy (non-hydrogen) atoms. The summed E-state index contributed by atoms with van der Waals surface area (Å²) in [6.45, 7) is 1.87. The summed E-state index contributed by atoms with van der Waals surface area (Å²) in [5, 5.41) is 8.48. The molecule has 1 aromatic heterocycles. The summed E-state index contributed by atoms with van der Waals surface area (Å²) in [6.07, 6.45) is 1.48. The Morgan fingerprint density at radius 3 is 2.10 bits per heavy atom. The van der Waals surface area contributed by atoms with Gasteiger partial charge in [0.25, 0.3) is 11.8 Å². The number of methoxy groups -OCH3 is 1. The van der Waals surface area contributed by atoms with Crippen LogP contribution in [-0.4, -0.2) is 69.9 Å². The van der Waals surface area contributed by atoms with Gasteiger partial charge in [0, 0.05) is 31.7 Å². The zero-order valence-electron chi connectivity index (χ0n) is 16.1. The highest BCUT2D eigenvalue weighted by Gasteiger charge is 2.27. The van der Waals surface area contributed by atoms with E-state index >= 15 is 0 Å². The fraction of sp³-hybridized carbons (Fsp3) is 0.238. The summed E-state index contributed by atoms with van der Waals surface area (Å²) in [5.74, 6) is 0.485. The lowest BCUT2D eigenvalue weighted by Gasteiger charge is -2.34. The van der Waals surface area contributed by atoms with Crippen molar-refractivity contribution >= 4 is 11.8 Å². The third kappa shape index (κ3) is 3.96. The molecule has 1 aliphatic rings. The summed E-state index contributed by atoms with van der Waals surface area (Å²) in [4.78, 5) is 30.3. The third-order valence-electron chi connectivity index (χ3n) is 4.89. The van der Waals surface area contributed by atoms with Crippen LogP contribution < -0.4 is 4.74 Å². The van der Waals surface area contributed by atoms with Crippen molar-refractivity contribution in [1.29, 1.82) is 0 Å². The molecule has 2 aromatic carbocycles. The van der Waals surface area contributed by atoms with Gasteiger partial charge in [0.1, 0.15) is 5.75 Å². The van der Waals surface area contributed by atoms with E-state index in [2.05, 4.69) is 10.2 Å². The maximum atomic E-state index is 12.8. The molecule has 8 nitrogen and oxygen atoms in total. The monoisotopic (exact) mass is 391 g/mol. The first-order valence-electron chi connectivity index (χ1n) is 9.36. The van der Waals surface area contributed by atoms with E-state index < -0.39 is 0 Å². The standard InChI is InChI=1S/C21H21N5O3/c1-29-18-9-7-16(8-10-18)20(27)24-11-13-25(14-12-24)21(28)19-15-22-26(23-19)17-5-3-2-4-6-17/h2-10,15H,11-14H2,1H3. The molecule has 0 radical (unpaired) electrons. The van der Waals surface area contributed by atoms with Crippen molar-refractivity contribution in [1.82, 2.24) is 24.8 Å². The molecule has 0 N–H and O–H groups in total. The fourth-order valence-electron chi connectivity index (χ4n) is 3.24. The second-order valence-electron chi connectivity index (χ2n) is 6.67. The zero-order valence-corrected chi connectivity index (χ0v) is 16.1. The lowest BCUT2D eigenvalue weighted by Crippen LogP contribution is -2.50. The van der Waals surface area contributed by atoms with Crippen molar-refractivity contribution in [2.24, 2.45) is 0 Å². The number of aromatic nitrogens is 3. The fourth-order valence-corrected chi connectivity index (χ4v) is 3.24. The van der Waals surface area contributed by atoms with Crippen LogP contribution in [0.1, 0.15) is 20.8 Å². The van der Waals surface area contributed by atoms with Crippen LogP contribution in [0, 0.1) is 0 Å². The molecule has 8 heteroatoms. The minimum absolute atomic E-state index is 0.0465. The number of rotatable bonds is 4. The molecule has 0 saturated carbocycles. The highest BCUT2D eigenvalue weighted by Crippen LogP contribution is 2.15. The molecule has 2 heterocycles. The molecule has 1 saturated heterocycles. The lowest BCUT2D eigenvalue weighted by atomic mass is 10.1. The van der Waals surface area contributed by atoms with Gasteiger partial charge in [0.15, 0.2) is 5.69 Å². The summed E-state index contributed by atoms with van der Waals surface area (Å²) in [5.41, 5.74) is 1.70. The van der Waals surface area contributed by atoms with Crippen molar-refractivity contribution in [3.63, 3.8) is 0 Å². The molecule has 4 rings (SSSR count). The number of carbonyl (C=O) groups excluding carboxylic acids is 2. The summed E-state index contributed by atoms with van der Waals surface area (Å²) in [6, 6.07) is 16.5. The van der Waals surface area contributed by atoms with Crippen molar-refractivity contribution < 1.29 is 14.3 Å². The normalized spacial score (nSPS) is 14.0. The Morgan fingerprint density at radius 2 is 1.48 bits per heavy atom. The predicted octanol–water partition coefficient (Wildman–Crippen LogP) is 1.87. The van der Waals surface area contributed by atoms with Crippen molar-refractivity contribution in [2.45, 2.75) is 0 Å². The molecule has 0 atom stereocenters. The number of amides is 2. The maximum absolute atomic E-state index is 12.8. The predicted molar refractivity (Wildman–Crippen MR) is 106 cm³/mol. The molecule has 1 aliphatic heterocycles. The van der Waals surface area contributed by atoms with Crippen LogP contribution in [-0.2, 0) is 0 Å². The molecular formula is C21H21N5O3. The summed E-state index contributed by atoms with van der Waals surface area (Å²) >= 11 is 0. The first-order chi connectivity index (χ1) is 14.2. The quantitative estimate of drug-likeness (QED) is 0.678. The Morgan fingerprint density at radius 1 is 0.862 bits per heavy atom. The van der Waals surface area contributed by atoms with Gasteiger partial charge in [-0.15, -0.1) is 5.10 Å². The molecule has 0 unspecified atom stereocenters. The van der Waals surface area contributed by atoms with Gasteiger partial charge in [-0.3, -0.25) is 9.59 Å². The second-order valence-corrected chi connectivity index (χ2v) is 6.67. The van der Waals surface area contributed by atoms with E-state index in [-0.39, 0.29) is 11.8 Å². The number of benzene rings is 2. The van der Waals surface area contributed by atoms with Gasteiger partial charge in [-0.05, 0) is 36.4 Å². The lowest BCUT2D eigenvalue weighted by molar-refractivity contribution is 0.0532. The average Bonchev–Trinajstić information content (AvgIpc) is 3.29. The van der Waals surface area contributed by atoms with Crippen molar-refractivity contribution in [3.8, 4) is 11.4 Å². The first-order valence-corrected chi connectivity index (χ1v) is 9.36. The van der Waals surface area contributed by atoms with Crippen LogP contribution >= 0.6 is 0 Å². The minimum atomic E-state index is -0.177. The number of para-hydroxylation sites is 1. The van der Waals surface area contributed by atoms with E-state index in [4.69, 9.17) is 4.74 Å². The van der Waals surface area contributed by atoms with Crippen molar-refractivity contribution in [2.75, 3.05) is 33.3 Å². The van der Waals surface area contributed by atoms with E-state index in [1.165, 1.54) is 11.0 Å². The van der Waals surface area contributed by atoms with Crippen molar-refractivity contribution in [3.05, 3.63) is 72.1 Å². The van der Waals surface area contributed by atoms with Gasteiger partial charge in [-0.25, -0.2) is 0 Å². The van der Waals surface area contributed by atoms with Crippen LogP contribution in [0.3, 0.4) is 0 Å². The number of hydrogen-bond acceptors (Lipinski definition) is 5. The van der Waals surface area contributed by atoms with E-state index in [0.29, 0.717) is 43.2 Å². The number of nitrogens with zero attached hydrogens (tertiary/aromatic N) is 5. The van der Waals surface area contributed by atoms with Gasteiger partial charge >= 0.3 is 0 Å². The van der Waals surface area contributed by atoms with E-state index in [0.717, 1.165) is 5.69 Å². The van der Waals surface area contributed by atoms with E-state index in [1.807, 2.05) is 30.3 Å². The second kappa shape index (κ2) is 8.14. The number of ether oxygens (including phenoxy) is 1. The largest absolute Gasteiger partial charge is 0.497 e. The van der Waals surface area contributed by atoms with E-state index in [1.54, 1.807) is 41.2 Å². The topological polar surface area (TPSA) is 80.6 Å². The van der Waals surface area contributed by atoms with Crippen LogP contribution in [0.15, 0.2) is 60.8 Å². The zero-order chi connectivity index (χ0) is 20.2. The Bertz CT molecular complexity index is 993. The third-order valence-corrected chi connectivity index (χ3v) is 4.89. The molecule has 0 bridgehead atoms. The number of carbonyl (C=O) groups is 2. The molecule has 1 fully saturated rings. The SMILES string of the molecule is COc1ccc(C(=O)N2CCN(C(=O)c3cnn(-c4ccccc4)n3)CC2)cc1. The van der Waals surface area contributed by atoms with Crippen LogP contribution in [0.25, 0.3) is 5.69 Å². The molecule has 0 aliphatic carbocycles. The smallest absolute Gasteiger partial charge is 0.276 e. The number of hydrogen-bond donors (Lipinski definition) is 0. The molecule has 2 amide bonds. The van der Waals surface area contributed by atoms with Crippen LogP contribution in [0.2, 0.25) is 0 Å². The van der Waals surface area contributed by atoms with Crippen LogP contribution in [0.4, 0.5) is 0 Å². The Balaban J connectivity index is 1.37. The summed E-state index contributed by atoms with van der Waals surface area (Å²) in [7, 11) is 1.59.